The van der Waals surface area contributed by atoms with Crippen molar-refractivity contribution >= 4 is 16.9 Å². The maximum Gasteiger partial charge on any atom is 0.220 e. The second-order valence-corrected chi connectivity index (χ2v) is 5.64. The number of hydrogen-bond acceptors (Lipinski definition) is 2. The summed E-state index contributed by atoms with van der Waals surface area (Å²) in [5.74, 6) is 1.02. The maximum atomic E-state index is 11.9. The first-order chi connectivity index (χ1) is 11.3. The van der Waals surface area contributed by atoms with E-state index in [2.05, 4.69) is 27.4 Å². The van der Waals surface area contributed by atoms with Gasteiger partial charge in [0, 0.05) is 19.4 Å². The maximum absolute atomic E-state index is 11.9. The van der Waals surface area contributed by atoms with Crippen molar-refractivity contribution in [3.8, 4) is 0 Å². The highest BCUT2D eigenvalue weighted by Crippen LogP contribution is 2.10. The second kappa shape index (κ2) is 7.58. The first kappa shape index (κ1) is 15.3. The summed E-state index contributed by atoms with van der Waals surface area (Å²) < 4.78 is 0. The molecule has 4 nitrogen and oxygen atoms in total. The number of imidazole rings is 1. The third-order valence-electron chi connectivity index (χ3n) is 3.83. The van der Waals surface area contributed by atoms with Crippen LogP contribution in [0.25, 0.3) is 11.0 Å². The number of benzene rings is 2. The standard InChI is InChI=1S/C19H21N3O/c23-19(12-6-9-15-7-2-1-3-8-15)20-14-13-18-21-16-10-4-5-11-17(16)22-18/h1-5,7-8,10-11H,6,9,12-14H2,(H,20,23)(H,21,22). The van der Waals surface area contributed by atoms with E-state index in [0.29, 0.717) is 13.0 Å². The van der Waals surface area contributed by atoms with Gasteiger partial charge in [0.1, 0.15) is 5.82 Å². The number of carbonyl (C=O) groups excluding carboxylic acids is 1. The highest BCUT2D eigenvalue weighted by atomic mass is 16.1. The zero-order valence-corrected chi connectivity index (χ0v) is 13.1. The number of nitrogens with one attached hydrogen (secondary N) is 2. The van der Waals surface area contributed by atoms with Crippen LogP contribution >= 0.6 is 0 Å². The Kier molecular flexibility index (Phi) is 5.04. The van der Waals surface area contributed by atoms with Gasteiger partial charge in [-0.15, -0.1) is 0 Å². The Labute approximate surface area is 136 Å². The van der Waals surface area contributed by atoms with Crippen LogP contribution in [-0.4, -0.2) is 22.4 Å². The molecule has 0 aliphatic rings. The molecule has 2 aromatic carbocycles. The minimum Gasteiger partial charge on any atom is -0.356 e. The summed E-state index contributed by atoms with van der Waals surface area (Å²) in [5.41, 5.74) is 3.29. The summed E-state index contributed by atoms with van der Waals surface area (Å²) in [4.78, 5) is 19.6. The number of aromatic nitrogens is 2. The third-order valence-corrected chi connectivity index (χ3v) is 3.83. The molecular weight excluding hydrogens is 286 g/mol. The first-order valence-electron chi connectivity index (χ1n) is 8.05. The Bertz CT molecular complexity index is 731. The summed E-state index contributed by atoms with van der Waals surface area (Å²) in [6.07, 6.45) is 3.10. The molecule has 1 aromatic heterocycles. The molecule has 118 valence electrons. The van der Waals surface area contributed by atoms with Crippen molar-refractivity contribution in [1.29, 1.82) is 0 Å². The van der Waals surface area contributed by atoms with Gasteiger partial charge in [-0.2, -0.15) is 0 Å². The Morgan fingerprint density at radius 1 is 1.00 bits per heavy atom. The van der Waals surface area contributed by atoms with E-state index >= 15 is 0 Å². The van der Waals surface area contributed by atoms with Gasteiger partial charge in [0.25, 0.3) is 0 Å². The van der Waals surface area contributed by atoms with Gasteiger partial charge in [0.15, 0.2) is 0 Å². The van der Waals surface area contributed by atoms with Crippen LogP contribution in [0.3, 0.4) is 0 Å². The van der Waals surface area contributed by atoms with Crippen molar-refractivity contribution in [3.05, 3.63) is 66.0 Å². The highest BCUT2D eigenvalue weighted by molar-refractivity contribution is 5.76. The van der Waals surface area contributed by atoms with Gasteiger partial charge >= 0.3 is 0 Å². The molecule has 1 heterocycles. The van der Waals surface area contributed by atoms with E-state index in [-0.39, 0.29) is 5.91 Å². The Morgan fingerprint density at radius 3 is 2.61 bits per heavy atom. The number of H-pyrrole nitrogens is 1. The SMILES string of the molecule is O=C(CCCc1ccccc1)NCCc1nc2ccccc2[nH]1. The summed E-state index contributed by atoms with van der Waals surface area (Å²) in [7, 11) is 0. The number of amides is 1. The van der Waals surface area contributed by atoms with Crippen LogP contribution in [0.2, 0.25) is 0 Å². The molecule has 0 saturated carbocycles. The molecule has 23 heavy (non-hydrogen) atoms. The van der Waals surface area contributed by atoms with Crippen LogP contribution in [-0.2, 0) is 17.6 Å². The van der Waals surface area contributed by atoms with E-state index in [1.165, 1.54) is 5.56 Å². The molecule has 2 N–H and O–H groups in total. The molecule has 0 saturated heterocycles. The lowest BCUT2D eigenvalue weighted by Gasteiger charge is -2.04. The van der Waals surface area contributed by atoms with Crippen LogP contribution in [0.4, 0.5) is 0 Å². The number of nitrogens with zero attached hydrogens (tertiary/aromatic N) is 1. The largest absolute Gasteiger partial charge is 0.356 e. The van der Waals surface area contributed by atoms with Crippen LogP contribution in [0, 0.1) is 0 Å². The summed E-state index contributed by atoms with van der Waals surface area (Å²) in [6.45, 7) is 0.615. The number of para-hydroxylation sites is 2. The zero-order chi connectivity index (χ0) is 15.9. The smallest absolute Gasteiger partial charge is 0.220 e. The van der Waals surface area contributed by atoms with E-state index in [1.54, 1.807) is 0 Å². The van der Waals surface area contributed by atoms with Gasteiger partial charge < -0.3 is 10.3 Å². The molecule has 0 aliphatic heterocycles. The second-order valence-electron chi connectivity index (χ2n) is 5.64. The third kappa shape index (κ3) is 4.42. The lowest BCUT2D eigenvalue weighted by atomic mass is 10.1. The fourth-order valence-corrected chi connectivity index (χ4v) is 2.63. The van der Waals surface area contributed by atoms with Gasteiger partial charge in [0.05, 0.1) is 11.0 Å². The molecule has 0 spiro atoms. The van der Waals surface area contributed by atoms with E-state index in [0.717, 1.165) is 36.1 Å². The van der Waals surface area contributed by atoms with Crippen LogP contribution < -0.4 is 5.32 Å². The summed E-state index contributed by atoms with van der Waals surface area (Å²) >= 11 is 0. The van der Waals surface area contributed by atoms with Gasteiger partial charge in [-0.1, -0.05) is 42.5 Å². The van der Waals surface area contributed by atoms with Crippen molar-refractivity contribution in [2.45, 2.75) is 25.7 Å². The van der Waals surface area contributed by atoms with Crippen molar-refractivity contribution in [2.75, 3.05) is 6.54 Å². The fourth-order valence-electron chi connectivity index (χ4n) is 2.63. The van der Waals surface area contributed by atoms with Crippen molar-refractivity contribution in [1.82, 2.24) is 15.3 Å². The number of hydrogen-bond donors (Lipinski definition) is 2. The van der Waals surface area contributed by atoms with E-state index in [1.807, 2.05) is 42.5 Å². The van der Waals surface area contributed by atoms with Crippen LogP contribution in [0.1, 0.15) is 24.2 Å². The van der Waals surface area contributed by atoms with Crippen molar-refractivity contribution < 1.29 is 4.79 Å². The number of aryl methyl sites for hydroxylation is 1. The molecular formula is C19H21N3O. The molecule has 3 rings (SSSR count). The quantitative estimate of drug-likeness (QED) is 0.704. The monoisotopic (exact) mass is 307 g/mol. The van der Waals surface area contributed by atoms with Crippen LogP contribution in [0.5, 0.6) is 0 Å². The first-order valence-corrected chi connectivity index (χ1v) is 8.05. The number of carbonyl (C=O) groups is 1. The molecule has 0 fully saturated rings. The predicted molar refractivity (Wildman–Crippen MR) is 92.2 cm³/mol. The Morgan fingerprint density at radius 2 is 1.78 bits per heavy atom. The van der Waals surface area contributed by atoms with Crippen molar-refractivity contribution in [3.63, 3.8) is 0 Å². The van der Waals surface area contributed by atoms with Crippen LogP contribution in [0.15, 0.2) is 54.6 Å². The van der Waals surface area contributed by atoms with E-state index in [4.69, 9.17) is 0 Å². The minimum atomic E-state index is 0.108. The molecule has 0 unspecified atom stereocenters. The average molecular weight is 307 g/mol. The van der Waals surface area contributed by atoms with Gasteiger partial charge in [0.2, 0.25) is 5.91 Å². The molecule has 0 radical (unpaired) electrons. The summed E-state index contributed by atoms with van der Waals surface area (Å²) in [6, 6.07) is 18.2. The molecule has 3 aromatic rings. The Hall–Kier alpha value is -2.62. The minimum absolute atomic E-state index is 0.108. The predicted octanol–water partition coefficient (Wildman–Crippen LogP) is 3.24. The lowest BCUT2D eigenvalue weighted by molar-refractivity contribution is -0.121. The topological polar surface area (TPSA) is 57.8 Å². The van der Waals surface area contributed by atoms with Gasteiger partial charge in [-0.25, -0.2) is 4.98 Å². The van der Waals surface area contributed by atoms with E-state index < -0.39 is 0 Å². The number of rotatable bonds is 7. The Balaban J connectivity index is 1.37. The number of fused-ring (bicyclic) bond motifs is 1. The zero-order valence-electron chi connectivity index (χ0n) is 13.1. The normalized spacial score (nSPS) is 10.8. The molecule has 0 aliphatic carbocycles. The molecule has 0 bridgehead atoms. The lowest BCUT2D eigenvalue weighted by Crippen LogP contribution is -2.25. The van der Waals surface area contributed by atoms with Gasteiger partial charge in [-0.05, 0) is 30.5 Å². The molecule has 0 atom stereocenters. The molecule has 1 amide bonds. The average Bonchev–Trinajstić information content (AvgIpc) is 2.98. The molecule has 4 heteroatoms. The van der Waals surface area contributed by atoms with Crippen molar-refractivity contribution in [2.24, 2.45) is 0 Å². The summed E-state index contributed by atoms with van der Waals surface area (Å²) in [5, 5.41) is 2.96. The highest BCUT2D eigenvalue weighted by Gasteiger charge is 2.04. The van der Waals surface area contributed by atoms with E-state index in [9.17, 15) is 4.79 Å². The van der Waals surface area contributed by atoms with Gasteiger partial charge in [-0.3, -0.25) is 4.79 Å². The number of aromatic amines is 1. The fraction of sp³-hybridized carbons (Fsp3) is 0.263.